The van der Waals surface area contributed by atoms with Gasteiger partial charge >= 0.3 is 5.97 Å². The average molecular weight is 344 g/mol. The molecule has 10 heteroatoms. The number of ether oxygens (including phenoxy) is 2. The molecule has 1 aromatic heterocycles. The third-order valence-electron chi connectivity index (χ3n) is 2.86. The molecule has 1 aliphatic rings. The van der Waals surface area contributed by atoms with Crippen LogP contribution in [-0.2, 0) is 25.1 Å². The summed E-state index contributed by atoms with van der Waals surface area (Å²) in [6.45, 7) is -0.169. The molecule has 0 aromatic carbocycles. The zero-order chi connectivity index (χ0) is 15.6. The van der Waals surface area contributed by atoms with Crippen molar-refractivity contribution >= 4 is 25.7 Å². The number of halogens is 3. The van der Waals surface area contributed by atoms with Crippen LogP contribution in [0.2, 0.25) is 0 Å². The van der Waals surface area contributed by atoms with Crippen molar-refractivity contribution in [1.29, 1.82) is 0 Å². The maximum Gasteiger partial charge on any atom is 0.355 e. The lowest BCUT2D eigenvalue weighted by atomic mass is 10.3. The van der Waals surface area contributed by atoms with Crippen molar-refractivity contribution in [2.24, 2.45) is 0 Å². The Kier molecular flexibility index (Phi) is 4.84. The van der Waals surface area contributed by atoms with Crippen molar-refractivity contribution < 1.29 is 31.5 Å². The van der Waals surface area contributed by atoms with Gasteiger partial charge in [0.1, 0.15) is 16.7 Å². The summed E-state index contributed by atoms with van der Waals surface area (Å²) in [5.74, 6) is -0.891. The van der Waals surface area contributed by atoms with E-state index >= 15 is 0 Å². The molecule has 118 valence electrons. The minimum Gasteiger partial charge on any atom is -0.455 e. The van der Waals surface area contributed by atoms with Gasteiger partial charge in [-0.05, 0) is 6.07 Å². The molecule has 1 saturated heterocycles. The van der Waals surface area contributed by atoms with E-state index in [0.717, 1.165) is 16.8 Å². The van der Waals surface area contributed by atoms with Crippen molar-refractivity contribution in [3.63, 3.8) is 0 Å². The third-order valence-corrected chi connectivity index (χ3v) is 4.18. The van der Waals surface area contributed by atoms with Gasteiger partial charge in [0.25, 0.3) is 15.5 Å². The molecular weight excluding hydrogens is 332 g/mol. The summed E-state index contributed by atoms with van der Waals surface area (Å²) < 4.78 is 58.4. The zero-order valence-electron chi connectivity index (χ0n) is 10.7. The molecule has 1 unspecified atom stereocenters. The lowest BCUT2D eigenvalue weighted by Gasteiger charge is -2.12. The molecule has 0 saturated carbocycles. The van der Waals surface area contributed by atoms with E-state index in [1.165, 1.54) is 0 Å². The predicted molar refractivity (Wildman–Crippen MR) is 68.1 cm³/mol. The molecule has 6 nitrogen and oxygen atoms in total. The van der Waals surface area contributed by atoms with Crippen molar-refractivity contribution in [3.05, 3.63) is 18.0 Å². The number of nitrogens with zero attached hydrogens (tertiary/aromatic N) is 1. The highest BCUT2D eigenvalue weighted by Gasteiger charge is 2.26. The van der Waals surface area contributed by atoms with Gasteiger partial charge in [-0.3, -0.25) is 0 Å². The molecule has 0 radical (unpaired) electrons. The molecular formula is C11H12ClF2NO5S. The smallest absolute Gasteiger partial charge is 0.355 e. The number of rotatable bonds is 5. The third kappa shape index (κ3) is 4.14. The molecule has 21 heavy (non-hydrogen) atoms. The second-order valence-corrected chi connectivity index (χ2v) is 7.00. The van der Waals surface area contributed by atoms with Gasteiger partial charge in [-0.1, -0.05) is 0 Å². The Morgan fingerprint density at radius 2 is 2.29 bits per heavy atom. The summed E-state index contributed by atoms with van der Waals surface area (Å²) in [4.78, 5) is 11.5. The Morgan fingerprint density at radius 3 is 2.81 bits per heavy atom. The Labute approximate surface area is 124 Å². The topological polar surface area (TPSA) is 74.6 Å². The van der Waals surface area contributed by atoms with E-state index in [9.17, 15) is 22.0 Å². The fourth-order valence-corrected chi connectivity index (χ4v) is 2.66. The zero-order valence-corrected chi connectivity index (χ0v) is 12.2. The van der Waals surface area contributed by atoms with Gasteiger partial charge in [0.15, 0.2) is 0 Å². The van der Waals surface area contributed by atoms with Gasteiger partial charge in [-0.25, -0.2) is 22.0 Å². The Balaban J connectivity index is 2.26. The molecule has 1 fully saturated rings. The minimum atomic E-state index is -4.13. The van der Waals surface area contributed by atoms with Crippen LogP contribution in [0, 0.1) is 0 Å². The summed E-state index contributed by atoms with van der Waals surface area (Å²) in [5.41, 5.74) is -0.290. The molecule has 0 bridgehead atoms. The number of carbonyl (C=O) groups is 1. The van der Waals surface area contributed by atoms with Crippen LogP contribution in [0.5, 0.6) is 0 Å². The monoisotopic (exact) mass is 343 g/mol. The first-order valence-electron chi connectivity index (χ1n) is 5.99. The Bertz CT molecular complexity index is 625. The van der Waals surface area contributed by atoms with Crippen LogP contribution in [0.25, 0.3) is 0 Å². The summed E-state index contributed by atoms with van der Waals surface area (Å²) in [6, 6.07) is 0.919. The number of aromatic nitrogens is 1. The summed E-state index contributed by atoms with van der Waals surface area (Å²) in [7, 11) is 1.03. The molecule has 1 atom stereocenters. The van der Waals surface area contributed by atoms with Crippen molar-refractivity contribution in [2.45, 2.75) is 30.4 Å². The van der Waals surface area contributed by atoms with E-state index < -0.39 is 39.0 Å². The normalized spacial score (nSPS) is 19.1. The molecule has 2 heterocycles. The second-order valence-electron chi connectivity index (χ2n) is 4.43. The van der Waals surface area contributed by atoms with Crippen molar-refractivity contribution in [2.75, 3.05) is 13.2 Å². The van der Waals surface area contributed by atoms with E-state index in [0.29, 0.717) is 13.0 Å². The Morgan fingerprint density at radius 1 is 1.57 bits per heavy atom. The molecule has 1 aliphatic heterocycles. The average Bonchev–Trinajstić information content (AvgIpc) is 2.96. The number of hydrogen-bond acceptors (Lipinski definition) is 5. The maximum absolute atomic E-state index is 12.5. The van der Waals surface area contributed by atoms with Crippen LogP contribution in [0.15, 0.2) is 17.2 Å². The predicted octanol–water partition coefficient (Wildman–Crippen LogP) is 1.63. The number of carbonyl (C=O) groups excluding carboxylic acids is 1. The van der Waals surface area contributed by atoms with Crippen LogP contribution < -0.4 is 0 Å². The summed E-state index contributed by atoms with van der Waals surface area (Å²) >= 11 is 0. The van der Waals surface area contributed by atoms with Gasteiger partial charge in [0.2, 0.25) is 0 Å². The highest BCUT2D eigenvalue weighted by atomic mass is 35.7. The number of alkyl halides is 2. The first-order chi connectivity index (χ1) is 9.77. The second kappa shape index (κ2) is 6.29. The fourth-order valence-electron chi connectivity index (χ4n) is 1.90. The molecule has 0 aliphatic carbocycles. The number of esters is 1. The molecule has 1 aromatic rings. The van der Waals surface area contributed by atoms with Crippen LogP contribution >= 0.6 is 10.7 Å². The molecule has 2 rings (SSSR count). The first-order valence-corrected chi connectivity index (χ1v) is 8.30. The maximum atomic E-state index is 12.5. The molecule has 0 N–H and O–H groups in total. The van der Waals surface area contributed by atoms with Gasteiger partial charge in [0.05, 0.1) is 19.8 Å². The van der Waals surface area contributed by atoms with E-state index in [1.807, 2.05) is 0 Å². The highest BCUT2D eigenvalue weighted by molar-refractivity contribution is 8.13. The van der Waals surface area contributed by atoms with Gasteiger partial charge in [0, 0.05) is 23.3 Å². The van der Waals surface area contributed by atoms with Crippen LogP contribution in [0.3, 0.4) is 0 Å². The number of hydrogen-bond donors (Lipinski definition) is 0. The van der Waals surface area contributed by atoms with E-state index in [4.69, 9.17) is 20.2 Å². The standard InChI is InChI=1S/C11H12ClF2NO5S/c12-21(17,18)8-3-9(15(4-8)5-10(13)14)11(16)20-7-1-2-19-6-7/h3-4,7,10H,1-2,5-6H2. The van der Waals surface area contributed by atoms with Crippen molar-refractivity contribution in [3.8, 4) is 0 Å². The summed E-state index contributed by atoms with van der Waals surface area (Å²) in [5, 5.41) is 0. The summed E-state index contributed by atoms with van der Waals surface area (Å²) in [6.07, 6.45) is -1.84. The van der Waals surface area contributed by atoms with Crippen LogP contribution in [0.1, 0.15) is 16.9 Å². The first kappa shape index (κ1) is 16.2. The van der Waals surface area contributed by atoms with Gasteiger partial charge < -0.3 is 14.0 Å². The highest BCUT2D eigenvalue weighted by Crippen LogP contribution is 2.21. The van der Waals surface area contributed by atoms with E-state index in [2.05, 4.69) is 0 Å². The Hall–Kier alpha value is -1.19. The lowest BCUT2D eigenvalue weighted by molar-refractivity contribution is 0.0254. The van der Waals surface area contributed by atoms with Crippen LogP contribution in [-0.4, -0.2) is 44.7 Å². The van der Waals surface area contributed by atoms with Gasteiger partial charge in [-0.15, -0.1) is 0 Å². The SMILES string of the molecule is O=C(OC1CCOC1)c1cc(S(=O)(=O)Cl)cn1CC(F)F. The molecule has 0 spiro atoms. The van der Waals surface area contributed by atoms with E-state index in [1.54, 1.807) is 0 Å². The fraction of sp³-hybridized carbons (Fsp3) is 0.545. The van der Waals surface area contributed by atoms with Gasteiger partial charge in [-0.2, -0.15) is 0 Å². The lowest BCUT2D eigenvalue weighted by Crippen LogP contribution is -2.21. The van der Waals surface area contributed by atoms with E-state index in [-0.39, 0.29) is 12.3 Å². The largest absolute Gasteiger partial charge is 0.455 e. The molecule has 0 amide bonds. The van der Waals surface area contributed by atoms with Crippen molar-refractivity contribution in [1.82, 2.24) is 4.57 Å². The van der Waals surface area contributed by atoms with Crippen LogP contribution in [0.4, 0.5) is 8.78 Å². The quantitative estimate of drug-likeness (QED) is 0.600. The minimum absolute atomic E-state index is 0.224.